The number of rotatable bonds is 6. The Kier molecular flexibility index (Phi) is 4.07. The van der Waals surface area contributed by atoms with Crippen molar-refractivity contribution in [1.82, 2.24) is 5.32 Å². The lowest BCUT2D eigenvalue weighted by molar-refractivity contribution is 0.220. The fourth-order valence-electron chi connectivity index (χ4n) is 3.53. The molecular weight excluding hydrogens is 242 g/mol. The Bertz CT molecular complexity index is 569. The summed E-state index contributed by atoms with van der Waals surface area (Å²) >= 11 is 0. The minimum Gasteiger partial charge on any atom is -0.317 e. The second-order valence-electron chi connectivity index (χ2n) is 6.15. The van der Waals surface area contributed by atoms with E-state index in [0.29, 0.717) is 5.41 Å². The molecule has 0 saturated heterocycles. The van der Waals surface area contributed by atoms with E-state index < -0.39 is 0 Å². The highest BCUT2D eigenvalue weighted by Gasteiger charge is 2.37. The molecule has 1 aliphatic carbocycles. The molecule has 0 spiro atoms. The van der Waals surface area contributed by atoms with Crippen molar-refractivity contribution in [2.75, 3.05) is 13.1 Å². The standard InChI is InChI=1S/C19H25N/c1-2-20-14-6-13-19(11-5-12-19)18-10-9-16-7-3-4-8-17(16)15-18/h3-4,7-10,15,20H,2,5-6,11-14H2,1H3. The van der Waals surface area contributed by atoms with Gasteiger partial charge in [0.15, 0.2) is 0 Å². The molecule has 3 rings (SSSR count). The molecule has 0 amide bonds. The summed E-state index contributed by atoms with van der Waals surface area (Å²) in [5.41, 5.74) is 2.04. The van der Waals surface area contributed by atoms with Gasteiger partial charge in [0.05, 0.1) is 0 Å². The fourth-order valence-corrected chi connectivity index (χ4v) is 3.53. The Morgan fingerprint density at radius 3 is 2.55 bits per heavy atom. The van der Waals surface area contributed by atoms with Gasteiger partial charge in [0, 0.05) is 0 Å². The van der Waals surface area contributed by atoms with Gasteiger partial charge in [-0.3, -0.25) is 0 Å². The zero-order valence-electron chi connectivity index (χ0n) is 12.5. The van der Waals surface area contributed by atoms with Crippen molar-refractivity contribution >= 4 is 10.8 Å². The van der Waals surface area contributed by atoms with Crippen LogP contribution in [0.5, 0.6) is 0 Å². The van der Waals surface area contributed by atoms with Gasteiger partial charge in [0.25, 0.3) is 0 Å². The number of fused-ring (bicyclic) bond motifs is 1. The van der Waals surface area contributed by atoms with E-state index in [0.717, 1.165) is 13.1 Å². The summed E-state index contributed by atoms with van der Waals surface area (Å²) in [6.45, 7) is 4.43. The van der Waals surface area contributed by atoms with Crippen molar-refractivity contribution in [2.45, 2.75) is 44.4 Å². The molecule has 1 nitrogen and oxygen atoms in total. The van der Waals surface area contributed by atoms with Gasteiger partial charge in [-0.1, -0.05) is 55.8 Å². The molecule has 0 heterocycles. The predicted molar refractivity (Wildman–Crippen MR) is 87.3 cm³/mol. The molecule has 1 heteroatoms. The van der Waals surface area contributed by atoms with E-state index in [2.05, 4.69) is 54.7 Å². The molecule has 0 aliphatic heterocycles. The van der Waals surface area contributed by atoms with Crippen molar-refractivity contribution in [2.24, 2.45) is 0 Å². The van der Waals surface area contributed by atoms with Gasteiger partial charge in [-0.25, -0.2) is 0 Å². The minimum atomic E-state index is 0.472. The van der Waals surface area contributed by atoms with Crippen LogP contribution in [-0.4, -0.2) is 13.1 Å². The number of hydrogen-bond acceptors (Lipinski definition) is 1. The first-order valence-electron chi connectivity index (χ1n) is 8.04. The van der Waals surface area contributed by atoms with Gasteiger partial charge in [-0.2, -0.15) is 0 Å². The highest BCUT2D eigenvalue weighted by Crippen LogP contribution is 2.47. The van der Waals surface area contributed by atoms with E-state index in [-0.39, 0.29) is 0 Å². The first-order chi connectivity index (χ1) is 9.84. The summed E-state index contributed by atoms with van der Waals surface area (Å²) in [4.78, 5) is 0. The number of benzene rings is 2. The van der Waals surface area contributed by atoms with E-state index in [4.69, 9.17) is 0 Å². The first kappa shape index (κ1) is 13.6. The molecule has 0 aromatic heterocycles. The third-order valence-electron chi connectivity index (χ3n) is 4.93. The highest BCUT2D eigenvalue weighted by molar-refractivity contribution is 5.83. The molecule has 1 fully saturated rings. The Balaban J connectivity index is 1.79. The van der Waals surface area contributed by atoms with E-state index in [1.165, 1.54) is 42.9 Å². The zero-order chi connectivity index (χ0) is 13.8. The van der Waals surface area contributed by atoms with Crippen molar-refractivity contribution in [3.8, 4) is 0 Å². The van der Waals surface area contributed by atoms with Crippen LogP contribution in [0.2, 0.25) is 0 Å². The van der Waals surface area contributed by atoms with Crippen molar-refractivity contribution in [3.63, 3.8) is 0 Å². The van der Waals surface area contributed by atoms with Gasteiger partial charge in [0.2, 0.25) is 0 Å². The molecule has 106 valence electrons. The van der Waals surface area contributed by atoms with Crippen LogP contribution in [-0.2, 0) is 5.41 Å². The third kappa shape index (κ3) is 2.60. The maximum Gasteiger partial charge on any atom is -0.00463 e. The summed E-state index contributed by atoms with van der Waals surface area (Å²) in [5.74, 6) is 0. The van der Waals surface area contributed by atoms with Crippen molar-refractivity contribution in [3.05, 3.63) is 48.0 Å². The van der Waals surface area contributed by atoms with Crippen LogP contribution in [0.3, 0.4) is 0 Å². The topological polar surface area (TPSA) is 12.0 Å². The maximum absolute atomic E-state index is 3.45. The average molecular weight is 267 g/mol. The minimum absolute atomic E-state index is 0.472. The van der Waals surface area contributed by atoms with Crippen LogP contribution in [0, 0.1) is 0 Å². The Hall–Kier alpha value is -1.34. The van der Waals surface area contributed by atoms with Crippen LogP contribution in [0.15, 0.2) is 42.5 Å². The molecular formula is C19H25N. The molecule has 2 aromatic carbocycles. The lowest BCUT2D eigenvalue weighted by Crippen LogP contribution is -2.35. The summed E-state index contributed by atoms with van der Waals surface area (Å²) < 4.78 is 0. The van der Waals surface area contributed by atoms with Gasteiger partial charge in [-0.15, -0.1) is 0 Å². The van der Waals surface area contributed by atoms with Crippen LogP contribution in [0.4, 0.5) is 0 Å². The molecule has 2 aromatic rings. The summed E-state index contributed by atoms with van der Waals surface area (Å²) in [6, 6.07) is 15.8. The fraction of sp³-hybridized carbons (Fsp3) is 0.474. The van der Waals surface area contributed by atoms with Gasteiger partial charge >= 0.3 is 0 Å². The van der Waals surface area contributed by atoms with E-state index in [9.17, 15) is 0 Å². The van der Waals surface area contributed by atoms with Gasteiger partial charge in [-0.05, 0) is 60.5 Å². The average Bonchev–Trinajstić information content (AvgIpc) is 2.45. The third-order valence-corrected chi connectivity index (χ3v) is 4.93. The van der Waals surface area contributed by atoms with E-state index in [1.54, 1.807) is 5.56 Å². The lowest BCUT2D eigenvalue weighted by Gasteiger charge is -2.43. The van der Waals surface area contributed by atoms with E-state index >= 15 is 0 Å². The van der Waals surface area contributed by atoms with E-state index in [1.807, 2.05) is 0 Å². The molecule has 0 unspecified atom stereocenters. The smallest absolute Gasteiger partial charge is 0.00463 e. The molecule has 0 radical (unpaired) electrons. The monoisotopic (exact) mass is 267 g/mol. The van der Waals surface area contributed by atoms with Gasteiger partial charge < -0.3 is 5.32 Å². The molecule has 0 atom stereocenters. The van der Waals surface area contributed by atoms with Crippen molar-refractivity contribution < 1.29 is 0 Å². The molecule has 1 N–H and O–H groups in total. The first-order valence-corrected chi connectivity index (χ1v) is 8.04. The maximum atomic E-state index is 3.45. The second kappa shape index (κ2) is 5.97. The van der Waals surface area contributed by atoms with Crippen LogP contribution < -0.4 is 5.32 Å². The Morgan fingerprint density at radius 2 is 1.85 bits per heavy atom. The summed E-state index contributed by atoms with van der Waals surface area (Å²) in [7, 11) is 0. The number of nitrogens with one attached hydrogen (secondary N) is 1. The SMILES string of the molecule is CCNCCCC1(c2ccc3ccccc3c2)CCC1. The quantitative estimate of drug-likeness (QED) is 0.751. The molecule has 1 saturated carbocycles. The largest absolute Gasteiger partial charge is 0.317 e. The second-order valence-corrected chi connectivity index (χ2v) is 6.15. The lowest BCUT2D eigenvalue weighted by atomic mass is 9.62. The Labute approximate surface area is 122 Å². The van der Waals surface area contributed by atoms with Gasteiger partial charge in [0.1, 0.15) is 0 Å². The Morgan fingerprint density at radius 1 is 1.05 bits per heavy atom. The molecule has 0 bridgehead atoms. The summed E-state index contributed by atoms with van der Waals surface area (Å²) in [5, 5.41) is 6.20. The highest BCUT2D eigenvalue weighted by atomic mass is 14.8. The predicted octanol–water partition coefficient (Wildman–Crippen LogP) is 4.65. The van der Waals surface area contributed by atoms with Crippen LogP contribution in [0.1, 0.15) is 44.6 Å². The van der Waals surface area contributed by atoms with Crippen molar-refractivity contribution in [1.29, 1.82) is 0 Å². The zero-order valence-corrected chi connectivity index (χ0v) is 12.5. The normalized spacial score (nSPS) is 17.1. The molecule has 20 heavy (non-hydrogen) atoms. The molecule has 1 aliphatic rings. The number of hydrogen-bond donors (Lipinski definition) is 1. The summed E-state index contributed by atoms with van der Waals surface area (Å²) in [6.07, 6.45) is 6.77. The van der Waals surface area contributed by atoms with Crippen LogP contribution in [0.25, 0.3) is 10.8 Å². The van der Waals surface area contributed by atoms with Crippen LogP contribution >= 0.6 is 0 Å².